The Kier molecular flexibility index (Phi) is 6.18. The minimum Gasteiger partial charge on any atom is -0.463 e. The molecule has 0 aromatic heterocycles. The van der Waals surface area contributed by atoms with Crippen LogP contribution in [-0.4, -0.2) is 25.2 Å². The van der Waals surface area contributed by atoms with E-state index in [9.17, 15) is 9.59 Å². The number of rotatable bonds is 6. The molecule has 0 spiro atoms. The van der Waals surface area contributed by atoms with Crippen LogP contribution in [0.3, 0.4) is 0 Å². The van der Waals surface area contributed by atoms with Crippen molar-refractivity contribution in [3.8, 4) is 0 Å². The highest BCUT2D eigenvalue weighted by atomic mass is 32.2. The number of esters is 2. The lowest BCUT2D eigenvalue weighted by atomic mass is 9.81. The molecule has 2 aliphatic heterocycles. The van der Waals surface area contributed by atoms with Gasteiger partial charge in [-0.15, -0.1) is 11.8 Å². The molecule has 0 saturated carbocycles. The van der Waals surface area contributed by atoms with Gasteiger partial charge in [-0.2, -0.15) is 0 Å². The standard InChI is InChI=1S/C25H25NO4S/c1-4-29-24(27)21-16(3)26-19-13-30-25(28)23(19)22(21)18-10-5-6-11-20(18)31-14-17-9-7-8-15(2)12-17/h5-12,22,26H,4,13-14H2,1-3H3. The monoisotopic (exact) mass is 435 g/mol. The lowest BCUT2D eigenvalue weighted by molar-refractivity contribution is -0.138. The Hall–Kier alpha value is -2.99. The predicted octanol–water partition coefficient (Wildman–Crippen LogP) is 4.62. The Morgan fingerprint density at radius 3 is 2.77 bits per heavy atom. The van der Waals surface area contributed by atoms with Crippen molar-refractivity contribution >= 4 is 23.7 Å². The number of benzene rings is 2. The van der Waals surface area contributed by atoms with Gasteiger partial charge in [-0.05, 0) is 38.0 Å². The average Bonchev–Trinajstić information content (AvgIpc) is 3.12. The van der Waals surface area contributed by atoms with Gasteiger partial charge in [-0.3, -0.25) is 0 Å². The van der Waals surface area contributed by atoms with E-state index in [1.807, 2.05) is 31.2 Å². The summed E-state index contributed by atoms with van der Waals surface area (Å²) in [5.41, 5.74) is 5.73. The van der Waals surface area contributed by atoms with E-state index >= 15 is 0 Å². The molecule has 0 bridgehead atoms. The maximum atomic E-state index is 12.9. The van der Waals surface area contributed by atoms with Crippen molar-refractivity contribution in [2.75, 3.05) is 13.2 Å². The number of nitrogens with one attached hydrogen (secondary N) is 1. The van der Waals surface area contributed by atoms with Gasteiger partial charge in [0.1, 0.15) is 6.61 Å². The zero-order valence-corrected chi connectivity index (χ0v) is 18.7. The van der Waals surface area contributed by atoms with E-state index in [2.05, 4.69) is 36.5 Å². The van der Waals surface area contributed by atoms with Crippen molar-refractivity contribution in [3.63, 3.8) is 0 Å². The van der Waals surface area contributed by atoms with Gasteiger partial charge >= 0.3 is 11.9 Å². The van der Waals surface area contributed by atoms with Gasteiger partial charge in [0, 0.05) is 16.3 Å². The van der Waals surface area contributed by atoms with Gasteiger partial charge in [-0.1, -0.05) is 48.0 Å². The topological polar surface area (TPSA) is 64.6 Å². The van der Waals surface area contributed by atoms with Crippen molar-refractivity contribution < 1.29 is 19.1 Å². The molecule has 0 radical (unpaired) electrons. The van der Waals surface area contributed by atoms with Crippen molar-refractivity contribution in [1.82, 2.24) is 5.32 Å². The summed E-state index contributed by atoms with van der Waals surface area (Å²) in [6.45, 7) is 6.16. The van der Waals surface area contributed by atoms with Crippen molar-refractivity contribution in [3.05, 3.63) is 87.8 Å². The molecule has 2 aliphatic rings. The van der Waals surface area contributed by atoms with Gasteiger partial charge in [0.15, 0.2) is 0 Å². The van der Waals surface area contributed by atoms with Crippen LogP contribution in [0.15, 0.2) is 76.0 Å². The summed E-state index contributed by atoms with van der Waals surface area (Å²) in [6.07, 6.45) is 0. The van der Waals surface area contributed by atoms with Crippen LogP contribution in [0.2, 0.25) is 0 Å². The molecular weight excluding hydrogens is 410 g/mol. The molecule has 1 N–H and O–H groups in total. The highest BCUT2D eigenvalue weighted by Gasteiger charge is 2.42. The van der Waals surface area contributed by atoms with E-state index in [-0.39, 0.29) is 19.2 Å². The van der Waals surface area contributed by atoms with Crippen LogP contribution >= 0.6 is 11.8 Å². The second kappa shape index (κ2) is 9.02. The number of hydrogen-bond donors (Lipinski definition) is 1. The third-order valence-electron chi connectivity index (χ3n) is 5.41. The fourth-order valence-electron chi connectivity index (χ4n) is 4.07. The lowest BCUT2D eigenvalue weighted by Gasteiger charge is -2.28. The van der Waals surface area contributed by atoms with E-state index < -0.39 is 11.9 Å². The molecule has 2 heterocycles. The van der Waals surface area contributed by atoms with Gasteiger partial charge in [0.05, 0.1) is 29.4 Å². The number of cyclic esters (lactones) is 1. The first-order chi connectivity index (χ1) is 15.0. The molecular formula is C25H25NO4S. The van der Waals surface area contributed by atoms with Crippen LogP contribution in [-0.2, 0) is 24.8 Å². The lowest BCUT2D eigenvalue weighted by Crippen LogP contribution is -2.30. The molecule has 0 fully saturated rings. The number of aryl methyl sites for hydroxylation is 1. The first-order valence-corrected chi connectivity index (χ1v) is 11.3. The summed E-state index contributed by atoms with van der Waals surface area (Å²) < 4.78 is 10.7. The number of carbonyl (C=O) groups is 2. The van der Waals surface area contributed by atoms with Crippen LogP contribution in [0.4, 0.5) is 0 Å². The molecule has 2 aromatic rings. The average molecular weight is 436 g/mol. The Morgan fingerprint density at radius 1 is 1.19 bits per heavy atom. The fourth-order valence-corrected chi connectivity index (χ4v) is 5.10. The summed E-state index contributed by atoms with van der Waals surface area (Å²) in [5.74, 6) is -0.536. The molecule has 160 valence electrons. The zero-order chi connectivity index (χ0) is 22.0. The third kappa shape index (κ3) is 4.26. The molecule has 1 atom stereocenters. The second-order valence-electron chi connectivity index (χ2n) is 7.60. The van der Waals surface area contributed by atoms with E-state index in [0.717, 1.165) is 21.9 Å². The smallest absolute Gasteiger partial charge is 0.337 e. The summed E-state index contributed by atoms with van der Waals surface area (Å²) in [6, 6.07) is 16.3. The Bertz CT molecular complexity index is 1100. The minimum atomic E-state index is -0.522. The minimum absolute atomic E-state index is 0.191. The van der Waals surface area contributed by atoms with E-state index in [4.69, 9.17) is 9.47 Å². The van der Waals surface area contributed by atoms with Gasteiger partial charge < -0.3 is 14.8 Å². The normalized spacial score (nSPS) is 17.9. The predicted molar refractivity (Wildman–Crippen MR) is 120 cm³/mol. The third-order valence-corrected chi connectivity index (χ3v) is 6.58. The van der Waals surface area contributed by atoms with Gasteiger partial charge in [0.25, 0.3) is 0 Å². The number of dihydropyridines is 1. The van der Waals surface area contributed by atoms with Gasteiger partial charge in [0.2, 0.25) is 0 Å². The van der Waals surface area contributed by atoms with Crippen LogP contribution in [0, 0.1) is 6.92 Å². The Balaban J connectivity index is 1.75. The largest absolute Gasteiger partial charge is 0.463 e. The maximum Gasteiger partial charge on any atom is 0.337 e. The molecule has 6 heteroatoms. The molecule has 31 heavy (non-hydrogen) atoms. The second-order valence-corrected chi connectivity index (χ2v) is 8.62. The van der Waals surface area contributed by atoms with Crippen molar-refractivity contribution in [1.29, 1.82) is 0 Å². The van der Waals surface area contributed by atoms with Crippen molar-refractivity contribution in [2.24, 2.45) is 0 Å². The molecule has 1 unspecified atom stereocenters. The number of carbonyl (C=O) groups excluding carboxylic acids is 2. The number of allylic oxidation sites excluding steroid dienone is 1. The first-order valence-electron chi connectivity index (χ1n) is 10.3. The number of hydrogen-bond acceptors (Lipinski definition) is 6. The Labute approximate surface area is 186 Å². The first kappa shape index (κ1) is 21.2. The Morgan fingerprint density at radius 2 is 2.00 bits per heavy atom. The van der Waals surface area contributed by atoms with Crippen molar-refractivity contribution in [2.45, 2.75) is 37.3 Å². The summed E-state index contributed by atoms with van der Waals surface area (Å²) in [5, 5.41) is 3.19. The molecule has 0 saturated heterocycles. The van der Waals surface area contributed by atoms with Crippen LogP contribution in [0.1, 0.15) is 36.5 Å². The van der Waals surface area contributed by atoms with E-state index in [0.29, 0.717) is 16.8 Å². The van der Waals surface area contributed by atoms with Crippen LogP contribution in [0.25, 0.3) is 0 Å². The molecule has 2 aromatic carbocycles. The molecule has 0 aliphatic carbocycles. The zero-order valence-electron chi connectivity index (χ0n) is 17.9. The SMILES string of the molecule is CCOC(=O)C1=C(C)NC2=C(C(=O)OC2)C1c1ccccc1SCc1cccc(C)c1. The van der Waals surface area contributed by atoms with Crippen LogP contribution < -0.4 is 5.32 Å². The summed E-state index contributed by atoms with van der Waals surface area (Å²) >= 11 is 1.70. The fraction of sp³-hybridized carbons (Fsp3) is 0.280. The summed E-state index contributed by atoms with van der Waals surface area (Å²) in [7, 11) is 0. The maximum absolute atomic E-state index is 12.9. The highest BCUT2D eigenvalue weighted by Crippen LogP contribution is 2.44. The quantitative estimate of drug-likeness (QED) is 0.528. The number of thioether (sulfide) groups is 1. The highest BCUT2D eigenvalue weighted by molar-refractivity contribution is 7.98. The van der Waals surface area contributed by atoms with E-state index in [1.165, 1.54) is 11.1 Å². The summed E-state index contributed by atoms with van der Waals surface area (Å²) in [4.78, 5) is 26.6. The van der Waals surface area contributed by atoms with Crippen LogP contribution in [0.5, 0.6) is 0 Å². The van der Waals surface area contributed by atoms with Gasteiger partial charge in [-0.25, -0.2) is 9.59 Å². The molecule has 0 amide bonds. The molecule has 4 rings (SSSR count). The van der Waals surface area contributed by atoms with E-state index in [1.54, 1.807) is 18.7 Å². The number of ether oxygens (including phenoxy) is 2. The molecule has 5 nitrogen and oxygen atoms in total.